The van der Waals surface area contributed by atoms with E-state index in [0.29, 0.717) is 47.3 Å². The number of hydrogen-bond donors (Lipinski definition) is 0. The van der Waals surface area contributed by atoms with Crippen LogP contribution in [-0.2, 0) is 45.4 Å². The second-order valence-electron chi connectivity index (χ2n) is 19.6. The second kappa shape index (κ2) is 14.4. The highest BCUT2D eigenvalue weighted by atomic mass is 16.5. The summed E-state index contributed by atoms with van der Waals surface area (Å²) in [6.07, 6.45) is 18.1. The Morgan fingerprint density at radius 3 is 2.06 bits per heavy atom. The van der Waals surface area contributed by atoms with E-state index >= 15 is 0 Å². The van der Waals surface area contributed by atoms with Gasteiger partial charge in [-0.1, -0.05) is 46.8 Å². The van der Waals surface area contributed by atoms with Crippen LogP contribution in [0.3, 0.4) is 0 Å². The van der Waals surface area contributed by atoms with E-state index in [4.69, 9.17) is 9.47 Å². The highest BCUT2D eigenvalue weighted by Gasteiger charge is 2.71. The van der Waals surface area contributed by atoms with Crippen molar-refractivity contribution >= 4 is 11.9 Å². The van der Waals surface area contributed by atoms with Gasteiger partial charge in [-0.2, -0.15) is 9.13 Å². The lowest BCUT2D eigenvalue weighted by Gasteiger charge is -2.73. The van der Waals surface area contributed by atoms with Crippen molar-refractivity contribution in [3.05, 3.63) is 72.3 Å². The Bertz CT molecular complexity index is 1760. The van der Waals surface area contributed by atoms with E-state index in [1.54, 1.807) is 33.7 Å². The minimum atomic E-state index is -0.308. The first kappa shape index (κ1) is 39.1. The van der Waals surface area contributed by atoms with Gasteiger partial charge in [-0.15, -0.1) is 13.2 Å². The monoisotopic (exact) mass is 740 g/mol. The third-order valence-corrected chi connectivity index (χ3v) is 16.8. The molecule has 5 aliphatic rings. The lowest BCUT2D eigenvalue weighted by atomic mass is 9.32. The highest BCUT2D eigenvalue weighted by molar-refractivity contribution is 5.68. The molecule has 8 nitrogen and oxygen atoms in total. The molecule has 294 valence electrons. The molecule has 0 aromatic carbocycles. The summed E-state index contributed by atoms with van der Waals surface area (Å²) in [6, 6.07) is 7.22. The standard InChI is InChI=1S/C46H64N2O6/c1-31(2)34-14-19-46(30-53-39(51)26-47-22-8-10-32(24-47)28-49)21-20-44(6)35(41(34)46)12-13-37-43(5)17-16-38(42(3,4)36(43)15-18-45(37,44)7)54-40(52)27-48-23-9-11-33(25-48)29-50/h8-11,22-25,34-38,41H,1,12-21,26-30H2,2-7H3/t34-,35?,36?,37?,38-,41?,43-,44+,45+,46+/m0/s1. The molecular formula is C46H64N2O6. The number of fused-ring (bicyclic) bond motifs is 7. The number of hydrogen-bond acceptors (Lipinski definition) is 6. The lowest BCUT2D eigenvalue weighted by Crippen LogP contribution is -2.67. The number of aromatic nitrogens is 2. The Balaban J connectivity index is 1.08. The van der Waals surface area contributed by atoms with Gasteiger partial charge in [0, 0.05) is 23.0 Å². The maximum absolute atomic E-state index is 13.3. The van der Waals surface area contributed by atoms with Gasteiger partial charge >= 0.3 is 11.9 Å². The fraction of sp³-hybridized carbons (Fsp3) is 0.696. The van der Waals surface area contributed by atoms with E-state index in [2.05, 4.69) is 48.1 Å². The predicted octanol–water partition coefficient (Wildman–Crippen LogP) is 5.80. The summed E-state index contributed by atoms with van der Waals surface area (Å²) < 4.78 is 16.1. The van der Waals surface area contributed by atoms with Crippen LogP contribution in [0.5, 0.6) is 0 Å². The molecule has 4 unspecified atom stereocenters. The summed E-state index contributed by atoms with van der Waals surface area (Å²) >= 11 is 0. The predicted molar refractivity (Wildman–Crippen MR) is 200 cm³/mol. The van der Waals surface area contributed by atoms with Crippen LogP contribution in [0.2, 0.25) is 0 Å². The fourth-order valence-electron chi connectivity index (χ4n) is 14.0. The quantitative estimate of drug-likeness (QED) is 0.174. The lowest BCUT2D eigenvalue weighted by molar-refractivity contribution is -0.687. The SMILES string of the molecule is C=C(C)[C@@H]1CC[C@]2(COC(=O)C[n+]3cccc(C[O-])c3)CC[C@]3(C)C(CCC4[C@@]5(C)CC[C@H](OC(=O)C[n+]6cccc(C[O-])c6)C(C)(C)C5CC[C@]43C)C12. The average Bonchev–Trinajstić information content (AvgIpc) is 3.53. The normalized spacial score (nSPS) is 37.9. The van der Waals surface area contributed by atoms with Gasteiger partial charge in [0.15, 0.2) is 24.8 Å². The van der Waals surface area contributed by atoms with Crippen molar-refractivity contribution in [1.82, 2.24) is 0 Å². The molecule has 7 rings (SSSR count). The van der Waals surface area contributed by atoms with Crippen LogP contribution >= 0.6 is 0 Å². The first-order chi connectivity index (χ1) is 25.6. The molecule has 0 spiro atoms. The molecule has 5 fully saturated rings. The minimum Gasteiger partial charge on any atom is -0.851 e. The third-order valence-electron chi connectivity index (χ3n) is 16.8. The number of esters is 2. The van der Waals surface area contributed by atoms with Gasteiger partial charge in [-0.05, 0) is 140 Å². The molecule has 0 N–H and O–H groups in total. The molecule has 2 aromatic rings. The molecule has 0 saturated heterocycles. The number of pyridine rings is 2. The molecule has 2 heterocycles. The van der Waals surface area contributed by atoms with E-state index in [1.807, 2.05) is 24.5 Å². The largest absolute Gasteiger partial charge is 0.851 e. The van der Waals surface area contributed by atoms with Crippen molar-refractivity contribution in [1.29, 1.82) is 0 Å². The first-order valence-electron chi connectivity index (χ1n) is 20.7. The Hall–Kier alpha value is -3.10. The first-order valence-corrected chi connectivity index (χ1v) is 20.7. The van der Waals surface area contributed by atoms with Crippen LogP contribution in [-0.4, -0.2) is 24.6 Å². The second-order valence-corrected chi connectivity index (χ2v) is 19.6. The molecular weight excluding hydrogens is 677 g/mol. The number of allylic oxidation sites excluding steroid dienone is 1. The number of rotatable bonds is 10. The topological polar surface area (TPSA) is 106 Å². The van der Waals surface area contributed by atoms with Crippen molar-refractivity contribution in [3.63, 3.8) is 0 Å². The average molecular weight is 741 g/mol. The van der Waals surface area contributed by atoms with E-state index < -0.39 is 0 Å². The van der Waals surface area contributed by atoms with Crippen molar-refractivity contribution in [2.45, 2.75) is 138 Å². The molecule has 0 bridgehead atoms. The number of carbonyl (C=O) groups excluding carboxylic acids is 2. The van der Waals surface area contributed by atoms with Crippen molar-refractivity contribution in [2.75, 3.05) is 6.61 Å². The van der Waals surface area contributed by atoms with Gasteiger partial charge in [-0.25, -0.2) is 9.59 Å². The van der Waals surface area contributed by atoms with E-state index in [9.17, 15) is 19.8 Å². The van der Waals surface area contributed by atoms with Gasteiger partial charge in [0.05, 0.1) is 6.61 Å². The number of nitrogens with zero attached hydrogens (tertiary/aromatic N) is 2. The zero-order valence-corrected chi connectivity index (χ0v) is 33.7. The van der Waals surface area contributed by atoms with Crippen LogP contribution in [0.15, 0.2) is 61.2 Å². The van der Waals surface area contributed by atoms with Gasteiger partial charge < -0.3 is 19.7 Å². The van der Waals surface area contributed by atoms with Crippen molar-refractivity contribution in [2.24, 2.45) is 56.7 Å². The van der Waals surface area contributed by atoms with Crippen molar-refractivity contribution in [3.8, 4) is 0 Å². The van der Waals surface area contributed by atoms with Crippen LogP contribution in [0.25, 0.3) is 0 Å². The molecule has 2 aromatic heterocycles. The Labute approximate surface area is 323 Å². The summed E-state index contributed by atoms with van der Waals surface area (Å²) in [5.74, 6) is 2.00. The maximum Gasteiger partial charge on any atom is 0.372 e. The molecule has 5 saturated carbocycles. The zero-order chi connectivity index (χ0) is 38.7. The van der Waals surface area contributed by atoms with Crippen LogP contribution in [0, 0.1) is 56.7 Å². The molecule has 10 atom stereocenters. The third kappa shape index (κ3) is 6.45. The smallest absolute Gasteiger partial charge is 0.372 e. The number of ether oxygens (including phenoxy) is 2. The van der Waals surface area contributed by atoms with Gasteiger partial charge in [-0.3, -0.25) is 0 Å². The molecule has 5 aliphatic carbocycles. The summed E-state index contributed by atoms with van der Waals surface area (Å²) in [7, 11) is 0. The van der Waals surface area contributed by atoms with Crippen LogP contribution < -0.4 is 19.3 Å². The van der Waals surface area contributed by atoms with E-state index in [0.717, 1.165) is 44.9 Å². The van der Waals surface area contributed by atoms with Gasteiger partial charge in [0.2, 0.25) is 13.1 Å². The Kier molecular flexibility index (Phi) is 10.5. The summed E-state index contributed by atoms with van der Waals surface area (Å²) in [5, 5.41) is 22.9. The van der Waals surface area contributed by atoms with E-state index in [-0.39, 0.29) is 71.4 Å². The van der Waals surface area contributed by atoms with Gasteiger partial charge in [0.25, 0.3) is 0 Å². The minimum absolute atomic E-state index is 0.0339. The molecule has 0 amide bonds. The van der Waals surface area contributed by atoms with Crippen molar-refractivity contribution < 1.29 is 38.4 Å². The fourth-order valence-corrected chi connectivity index (χ4v) is 14.0. The molecule has 0 aliphatic heterocycles. The highest BCUT2D eigenvalue weighted by Crippen LogP contribution is 2.77. The molecule has 54 heavy (non-hydrogen) atoms. The van der Waals surface area contributed by atoms with Crippen LogP contribution in [0.1, 0.15) is 117 Å². The summed E-state index contributed by atoms with van der Waals surface area (Å²) in [6.45, 7) is 19.4. The van der Waals surface area contributed by atoms with Crippen LogP contribution in [0.4, 0.5) is 0 Å². The Morgan fingerprint density at radius 1 is 0.778 bits per heavy atom. The molecule has 0 radical (unpaired) electrons. The maximum atomic E-state index is 13.3. The Morgan fingerprint density at radius 2 is 1.43 bits per heavy atom. The molecule has 8 heteroatoms. The van der Waals surface area contributed by atoms with Gasteiger partial charge in [0.1, 0.15) is 6.10 Å². The number of carbonyl (C=O) groups is 2. The summed E-state index contributed by atoms with van der Waals surface area (Å²) in [4.78, 5) is 26.6. The zero-order valence-electron chi connectivity index (χ0n) is 33.7. The van der Waals surface area contributed by atoms with E-state index in [1.165, 1.54) is 24.8 Å². The summed E-state index contributed by atoms with van der Waals surface area (Å²) in [5.41, 5.74) is 2.91.